The van der Waals surface area contributed by atoms with Gasteiger partial charge in [0, 0.05) is 19.9 Å². The van der Waals surface area contributed by atoms with E-state index in [0.717, 1.165) is 25.7 Å². The largest absolute Gasteiger partial charge is 0.470 e. The van der Waals surface area contributed by atoms with Crippen LogP contribution in [0.2, 0.25) is 0 Å². The molecule has 0 bridgehead atoms. The van der Waals surface area contributed by atoms with Crippen molar-refractivity contribution in [2.75, 3.05) is 19.9 Å². The topological polar surface area (TPSA) is 123 Å². The third-order valence-electron chi connectivity index (χ3n) is 3.42. The Morgan fingerprint density at radius 2 is 1.16 bits per heavy atom. The molecule has 0 aromatic heterocycles. The van der Waals surface area contributed by atoms with Gasteiger partial charge in [-0.2, -0.15) is 0 Å². The Kier molecular flexibility index (Phi) is 10.6. The standard InChI is InChI=1S/C15H34O8P2/c1-14(2,22-24(5,16)17)10-6-8-12-21-13-9-7-11-15(3,4)23-25(18,19)20/h6-13H2,1-5H3,(H,16,17)(H2,18,19,20). The van der Waals surface area contributed by atoms with Gasteiger partial charge in [-0.3, -0.25) is 9.09 Å². The summed E-state index contributed by atoms with van der Waals surface area (Å²) in [5, 5.41) is 0. The maximum Gasteiger partial charge on any atom is 0.470 e. The maximum absolute atomic E-state index is 11.3. The fourth-order valence-electron chi connectivity index (χ4n) is 2.48. The van der Waals surface area contributed by atoms with E-state index in [9.17, 15) is 14.0 Å². The molecule has 3 N–H and O–H groups in total. The molecular weight excluding hydrogens is 370 g/mol. The predicted molar refractivity (Wildman–Crippen MR) is 96.6 cm³/mol. The van der Waals surface area contributed by atoms with Gasteiger partial charge in [0.15, 0.2) is 0 Å². The highest BCUT2D eigenvalue weighted by molar-refractivity contribution is 7.51. The van der Waals surface area contributed by atoms with Gasteiger partial charge in [-0.15, -0.1) is 0 Å². The van der Waals surface area contributed by atoms with E-state index in [0.29, 0.717) is 26.1 Å². The summed E-state index contributed by atoms with van der Waals surface area (Å²) in [5.41, 5.74) is -1.50. The van der Waals surface area contributed by atoms with E-state index in [-0.39, 0.29) is 0 Å². The summed E-state index contributed by atoms with van der Waals surface area (Å²) in [4.78, 5) is 26.9. The summed E-state index contributed by atoms with van der Waals surface area (Å²) < 4.78 is 37.5. The van der Waals surface area contributed by atoms with Crippen LogP contribution in [0.3, 0.4) is 0 Å². The first-order valence-corrected chi connectivity index (χ1v) is 12.0. The number of hydrogen-bond acceptors (Lipinski definition) is 5. The highest BCUT2D eigenvalue weighted by Crippen LogP contribution is 2.43. The quantitative estimate of drug-likeness (QED) is 0.295. The SMILES string of the molecule is CC(C)(CCCCOCCCCC(C)(C)OP(=O)(O)O)OP(C)(=O)O. The van der Waals surface area contributed by atoms with Gasteiger partial charge in [0.1, 0.15) is 0 Å². The van der Waals surface area contributed by atoms with Crippen LogP contribution < -0.4 is 0 Å². The molecule has 1 unspecified atom stereocenters. The first-order chi connectivity index (χ1) is 11.1. The van der Waals surface area contributed by atoms with E-state index in [1.165, 1.54) is 6.66 Å². The van der Waals surface area contributed by atoms with Crippen LogP contribution in [0.1, 0.15) is 66.2 Å². The Morgan fingerprint density at radius 3 is 1.52 bits per heavy atom. The van der Waals surface area contributed by atoms with Crippen molar-refractivity contribution in [2.45, 2.75) is 77.4 Å². The third kappa shape index (κ3) is 17.4. The molecule has 0 spiro atoms. The Bertz CT molecular complexity index is 424. The van der Waals surface area contributed by atoms with Gasteiger partial charge < -0.3 is 23.9 Å². The molecular formula is C15H34O8P2. The van der Waals surface area contributed by atoms with Gasteiger partial charge in [-0.05, 0) is 66.2 Å². The van der Waals surface area contributed by atoms with Gasteiger partial charge in [0.2, 0.25) is 0 Å². The summed E-state index contributed by atoms with van der Waals surface area (Å²) in [7, 11) is -7.94. The number of unbranched alkanes of at least 4 members (excludes halogenated alkanes) is 2. The van der Waals surface area contributed by atoms with Crippen LogP contribution in [0.25, 0.3) is 0 Å². The number of phosphoric ester groups is 1. The minimum atomic E-state index is -4.46. The highest BCUT2D eigenvalue weighted by atomic mass is 31.2. The molecule has 0 rings (SSSR count). The number of rotatable bonds is 14. The Labute approximate surface area is 151 Å². The van der Waals surface area contributed by atoms with Crippen molar-refractivity contribution in [2.24, 2.45) is 0 Å². The summed E-state index contributed by atoms with van der Waals surface area (Å²) >= 11 is 0. The molecule has 0 aliphatic carbocycles. The lowest BCUT2D eigenvalue weighted by Crippen LogP contribution is -2.23. The normalized spacial score (nSPS) is 16.0. The first-order valence-electron chi connectivity index (χ1n) is 8.47. The lowest BCUT2D eigenvalue weighted by atomic mass is 10.0. The van der Waals surface area contributed by atoms with Gasteiger partial charge in [-0.1, -0.05) is 0 Å². The van der Waals surface area contributed by atoms with Crippen molar-refractivity contribution in [1.29, 1.82) is 0 Å². The fraction of sp³-hybridized carbons (Fsp3) is 1.00. The van der Waals surface area contributed by atoms with Crippen LogP contribution >= 0.6 is 15.4 Å². The summed E-state index contributed by atoms with van der Waals surface area (Å²) in [6, 6.07) is 0. The molecule has 1 atom stereocenters. The fourth-order valence-corrected chi connectivity index (χ4v) is 4.23. The second kappa shape index (κ2) is 10.5. The Balaban J connectivity index is 3.69. The predicted octanol–water partition coefficient (Wildman–Crippen LogP) is 3.84. The molecule has 0 aromatic rings. The summed E-state index contributed by atoms with van der Waals surface area (Å²) in [5.74, 6) is 0. The molecule has 0 aliphatic rings. The van der Waals surface area contributed by atoms with Gasteiger partial charge in [-0.25, -0.2) is 4.57 Å². The molecule has 152 valence electrons. The average molecular weight is 404 g/mol. The van der Waals surface area contributed by atoms with Gasteiger partial charge >= 0.3 is 15.4 Å². The van der Waals surface area contributed by atoms with Crippen LogP contribution in [0.4, 0.5) is 0 Å². The zero-order valence-electron chi connectivity index (χ0n) is 15.9. The van der Waals surface area contributed by atoms with Crippen molar-refractivity contribution >= 4 is 15.4 Å². The maximum atomic E-state index is 11.3. The molecule has 0 amide bonds. The zero-order chi connectivity index (χ0) is 19.8. The van der Waals surface area contributed by atoms with Crippen LogP contribution in [0.15, 0.2) is 0 Å². The molecule has 0 heterocycles. The molecule has 25 heavy (non-hydrogen) atoms. The number of hydrogen-bond donors (Lipinski definition) is 3. The van der Waals surface area contributed by atoms with E-state index in [2.05, 4.69) is 0 Å². The van der Waals surface area contributed by atoms with Crippen LogP contribution in [0.5, 0.6) is 0 Å². The third-order valence-corrected chi connectivity index (χ3v) is 4.98. The highest BCUT2D eigenvalue weighted by Gasteiger charge is 2.28. The van der Waals surface area contributed by atoms with Gasteiger partial charge in [0.05, 0.1) is 11.2 Å². The molecule has 0 aromatic carbocycles. The summed E-state index contributed by atoms with van der Waals surface area (Å²) in [6.07, 6.45) is 4.39. The second-order valence-corrected chi connectivity index (χ2v) is 10.5. The van der Waals surface area contributed by atoms with E-state index >= 15 is 0 Å². The van der Waals surface area contributed by atoms with Crippen molar-refractivity contribution in [3.8, 4) is 0 Å². The van der Waals surface area contributed by atoms with E-state index in [4.69, 9.17) is 23.6 Å². The van der Waals surface area contributed by atoms with Crippen LogP contribution in [-0.4, -0.2) is 45.8 Å². The van der Waals surface area contributed by atoms with Gasteiger partial charge in [0.25, 0.3) is 0 Å². The van der Waals surface area contributed by atoms with Crippen molar-refractivity contribution in [3.05, 3.63) is 0 Å². The number of ether oxygens (including phenoxy) is 1. The average Bonchev–Trinajstić information content (AvgIpc) is 2.30. The molecule has 0 aliphatic heterocycles. The molecule has 0 saturated heterocycles. The van der Waals surface area contributed by atoms with Crippen molar-refractivity contribution in [3.63, 3.8) is 0 Å². The second-order valence-electron chi connectivity index (χ2n) is 7.52. The molecule has 0 radical (unpaired) electrons. The smallest absolute Gasteiger partial charge is 0.381 e. The molecule has 10 heteroatoms. The Morgan fingerprint density at radius 1 is 0.760 bits per heavy atom. The lowest BCUT2D eigenvalue weighted by molar-refractivity contribution is 0.0520. The minimum Gasteiger partial charge on any atom is -0.381 e. The molecule has 0 fully saturated rings. The Hall–Kier alpha value is 0.220. The zero-order valence-corrected chi connectivity index (χ0v) is 17.7. The monoisotopic (exact) mass is 404 g/mol. The minimum absolute atomic E-state index is 0.533. The van der Waals surface area contributed by atoms with E-state index in [1.54, 1.807) is 27.7 Å². The number of phosphoric acid groups is 1. The van der Waals surface area contributed by atoms with Crippen LogP contribution in [-0.2, 0) is 22.9 Å². The van der Waals surface area contributed by atoms with E-state index in [1.807, 2.05) is 0 Å². The lowest BCUT2D eigenvalue weighted by Gasteiger charge is -2.26. The van der Waals surface area contributed by atoms with Crippen LogP contribution in [0, 0.1) is 0 Å². The van der Waals surface area contributed by atoms with Crippen molar-refractivity contribution < 1.29 is 37.6 Å². The molecule has 0 saturated carbocycles. The van der Waals surface area contributed by atoms with Crippen molar-refractivity contribution in [1.82, 2.24) is 0 Å². The molecule has 8 nitrogen and oxygen atoms in total. The summed E-state index contributed by atoms with van der Waals surface area (Å²) in [6.45, 7) is 9.25. The van der Waals surface area contributed by atoms with E-state index < -0.39 is 26.6 Å². The first kappa shape index (κ1) is 25.2.